The number of nitrogens with zero attached hydrogens (tertiary/aromatic N) is 2. The monoisotopic (exact) mass is 381 g/mol. The SMILES string of the molecule is CCC1(C(=O)N2CCN(CC3CCOCC3)CC2)CCCN1.Cl.Cl. The van der Waals surface area contributed by atoms with E-state index in [1.165, 1.54) is 19.4 Å². The highest BCUT2D eigenvalue weighted by Crippen LogP contribution is 2.26. The van der Waals surface area contributed by atoms with Crippen LogP contribution >= 0.6 is 24.8 Å². The molecular formula is C17H33Cl2N3O2. The molecule has 1 amide bonds. The molecule has 0 aromatic heterocycles. The number of piperazine rings is 1. The lowest BCUT2D eigenvalue weighted by Gasteiger charge is -2.40. The molecule has 0 aromatic rings. The molecule has 3 aliphatic rings. The third kappa shape index (κ3) is 4.98. The minimum atomic E-state index is -0.261. The first-order valence-corrected chi connectivity index (χ1v) is 9.08. The minimum Gasteiger partial charge on any atom is -0.381 e. The van der Waals surface area contributed by atoms with E-state index in [4.69, 9.17) is 4.74 Å². The van der Waals surface area contributed by atoms with Gasteiger partial charge in [0.2, 0.25) is 5.91 Å². The molecule has 0 radical (unpaired) electrons. The van der Waals surface area contributed by atoms with Crippen molar-refractivity contribution in [2.75, 3.05) is 52.5 Å². The maximum Gasteiger partial charge on any atom is 0.242 e. The number of nitrogens with one attached hydrogen (secondary N) is 1. The zero-order chi connectivity index (χ0) is 15.4. The number of halogens is 2. The van der Waals surface area contributed by atoms with Crippen LogP contribution in [0.15, 0.2) is 0 Å². The second-order valence-corrected chi connectivity index (χ2v) is 7.11. The quantitative estimate of drug-likeness (QED) is 0.807. The van der Waals surface area contributed by atoms with Gasteiger partial charge in [-0.1, -0.05) is 6.92 Å². The van der Waals surface area contributed by atoms with Crippen LogP contribution in [0.4, 0.5) is 0 Å². The molecule has 3 rings (SSSR count). The van der Waals surface area contributed by atoms with Crippen LogP contribution in [0, 0.1) is 5.92 Å². The summed E-state index contributed by atoms with van der Waals surface area (Å²) >= 11 is 0. The van der Waals surface area contributed by atoms with Crippen molar-refractivity contribution in [2.24, 2.45) is 5.92 Å². The lowest BCUT2D eigenvalue weighted by molar-refractivity contribution is -0.140. The fourth-order valence-electron chi connectivity index (χ4n) is 4.17. The molecule has 3 heterocycles. The number of carbonyl (C=O) groups excluding carboxylic acids is 1. The number of amides is 1. The van der Waals surface area contributed by atoms with Gasteiger partial charge in [0.1, 0.15) is 0 Å². The Kier molecular flexibility index (Phi) is 9.31. The van der Waals surface area contributed by atoms with Crippen LogP contribution in [0.2, 0.25) is 0 Å². The van der Waals surface area contributed by atoms with Crippen molar-refractivity contribution in [1.82, 2.24) is 15.1 Å². The predicted octanol–water partition coefficient (Wildman–Crippen LogP) is 1.93. The van der Waals surface area contributed by atoms with Gasteiger partial charge in [0, 0.05) is 45.9 Å². The molecule has 24 heavy (non-hydrogen) atoms. The van der Waals surface area contributed by atoms with Crippen molar-refractivity contribution >= 4 is 30.7 Å². The molecule has 5 nitrogen and oxygen atoms in total. The van der Waals surface area contributed by atoms with E-state index in [1.807, 2.05) is 0 Å². The molecule has 3 aliphatic heterocycles. The standard InChI is InChI=1S/C17H31N3O2.2ClH/c1-2-17(6-3-7-18-17)16(21)20-10-8-19(9-11-20)14-15-4-12-22-13-5-15;;/h15,18H,2-14H2,1H3;2*1H. The molecule has 7 heteroatoms. The summed E-state index contributed by atoms with van der Waals surface area (Å²) in [5, 5.41) is 3.48. The largest absolute Gasteiger partial charge is 0.381 e. The lowest BCUT2D eigenvalue weighted by Crippen LogP contribution is -2.59. The fraction of sp³-hybridized carbons (Fsp3) is 0.941. The van der Waals surface area contributed by atoms with Crippen molar-refractivity contribution < 1.29 is 9.53 Å². The Labute approximate surface area is 158 Å². The van der Waals surface area contributed by atoms with Gasteiger partial charge < -0.3 is 15.0 Å². The molecule has 0 aromatic carbocycles. The molecular weight excluding hydrogens is 349 g/mol. The van der Waals surface area contributed by atoms with Crippen LogP contribution in [0.25, 0.3) is 0 Å². The summed E-state index contributed by atoms with van der Waals surface area (Å²) in [6, 6.07) is 0. The molecule has 1 unspecified atom stereocenters. The van der Waals surface area contributed by atoms with Crippen molar-refractivity contribution in [3.05, 3.63) is 0 Å². The summed E-state index contributed by atoms with van der Waals surface area (Å²) < 4.78 is 5.44. The Morgan fingerprint density at radius 2 is 1.83 bits per heavy atom. The molecule has 0 saturated carbocycles. The summed E-state index contributed by atoms with van der Waals surface area (Å²) in [6.45, 7) is 10.0. The lowest BCUT2D eigenvalue weighted by atomic mass is 9.92. The summed E-state index contributed by atoms with van der Waals surface area (Å²) in [7, 11) is 0. The van der Waals surface area contributed by atoms with Crippen molar-refractivity contribution in [3.63, 3.8) is 0 Å². The van der Waals surface area contributed by atoms with Crippen LogP contribution in [0.1, 0.15) is 39.0 Å². The number of carbonyl (C=O) groups is 1. The minimum absolute atomic E-state index is 0. The average Bonchev–Trinajstić information content (AvgIpc) is 3.06. The maximum absolute atomic E-state index is 12.9. The van der Waals surface area contributed by atoms with E-state index in [9.17, 15) is 4.79 Å². The van der Waals surface area contributed by atoms with E-state index >= 15 is 0 Å². The van der Waals surface area contributed by atoms with Gasteiger partial charge in [-0.25, -0.2) is 0 Å². The van der Waals surface area contributed by atoms with Gasteiger partial charge in [-0.05, 0) is 44.6 Å². The van der Waals surface area contributed by atoms with E-state index in [0.717, 1.165) is 71.1 Å². The second kappa shape index (κ2) is 10.2. The van der Waals surface area contributed by atoms with Gasteiger partial charge in [-0.3, -0.25) is 9.69 Å². The Morgan fingerprint density at radius 3 is 2.38 bits per heavy atom. The Bertz CT molecular complexity index is 378. The number of hydrogen-bond donors (Lipinski definition) is 1. The van der Waals surface area contributed by atoms with Crippen molar-refractivity contribution in [2.45, 2.75) is 44.6 Å². The van der Waals surface area contributed by atoms with E-state index in [0.29, 0.717) is 5.91 Å². The fourth-order valence-corrected chi connectivity index (χ4v) is 4.17. The Hall–Kier alpha value is -0.0700. The zero-order valence-corrected chi connectivity index (χ0v) is 16.4. The third-order valence-electron chi connectivity index (χ3n) is 5.77. The van der Waals surface area contributed by atoms with Crippen LogP contribution in [0.3, 0.4) is 0 Å². The topological polar surface area (TPSA) is 44.8 Å². The van der Waals surface area contributed by atoms with E-state index in [2.05, 4.69) is 22.0 Å². The van der Waals surface area contributed by atoms with E-state index in [-0.39, 0.29) is 30.4 Å². The maximum atomic E-state index is 12.9. The van der Waals surface area contributed by atoms with Crippen LogP contribution < -0.4 is 5.32 Å². The highest BCUT2D eigenvalue weighted by molar-refractivity contribution is 5.87. The average molecular weight is 382 g/mol. The highest BCUT2D eigenvalue weighted by Gasteiger charge is 2.42. The summed E-state index contributed by atoms with van der Waals surface area (Å²) in [5.74, 6) is 1.13. The molecule has 1 atom stereocenters. The van der Waals surface area contributed by atoms with Gasteiger partial charge >= 0.3 is 0 Å². The Morgan fingerprint density at radius 1 is 1.17 bits per heavy atom. The first-order chi connectivity index (χ1) is 10.7. The number of ether oxygens (including phenoxy) is 1. The van der Waals surface area contributed by atoms with Gasteiger partial charge in [0.15, 0.2) is 0 Å². The van der Waals surface area contributed by atoms with Gasteiger partial charge in [0.25, 0.3) is 0 Å². The number of rotatable bonds is 4. The smallest absolute Gasteiger partial charge is 0.242 e. The van der Waals surface area contributed by atoms with E-state index in [1.54, 1.807) is 0 Å². The third-order valence-corrected chi connectivity index (χ3v) is 5.77. The van der Waals surface area contributed by atoms with Crippen molar-refractivity contribution in [3.8, 4) is 0 Å². The molecule has 3 fully saturated rings. The Balaban J connectivity index is 0.00000144. The first kappa shape index (κ1) is 22.0. The summed E-state index contributed by atoms with van der Waals surface area (Å²) in [6.07, 6.45) is 5.44. The molecule has 0 bridgehead atoms. The highest BCUT2D eigenvalue weighted by atomic mass is 35.5. The zero-order valence-electron chi connectivity index (χ0n) is 14.8. The molecule has 0 aliphatic carbocycles. The van der Waals surface area contributed by atoms with E-state index < -0.39 is 0 Å². The summed E-state index contributed by atoms with van der Waals surface area (Å²) in [4.78, 5) is 17.5. The van der Waals surface area contributed by atoms with Gasteiger partial charge in [-0.15, -0.1) is 24.8 Å². The van der Waals surface area contributed by atoms with Crippen LogP contribution in [-0.2, 0) is 9.53 Å². The predicted molar refractivity (Wildman–Crippen MR) is 101 cm³/mol. The second-order valence-electron chi connectivity index (χ2n) is 7.11. The van der Waals surface area contributed by atoms with Crippen LogP contribution in [0.5, 0.6) is 0 Å². The molecule has 0 spiro atoms. The molecule has 1 N–H and O–H groups in total. The van der Waals surface area contributed by atoms with Gasteiger partial charge in [0.05, 0.1) is 5.54 Å². The molecule has 3 saturated heterocycles. The van der Waals surface area contributed by atoms with Crippen molar-refractivity contribution in [1.29, 1.82) is 0 Å². The molecule has 142 valence electrons. The number of hydrogen-bond acceptors (Lipinski definition) is 4. The van der Waals surface area contributed by atoms with Crippen LogP contribution in [-0.4, -0.2) is 73.7 Å². The summed E-state index contributed by atoms with van der Waals surface area (Å²) in [5.41, 5.74) is -0.261. The van der Waals surface area contributed by atoms with Gasteiger partial charge in [-0.2, -0.15) is 0 Å². The normalized spacial score (nSPS) is 29.0. The first-order valence-electron chi connectivity index (χ1n) is 9.08.